The number of halogens is 1. The van der Waals surface area contributed by atoms with E-state index in [0.717, 1.165) is 46.4 Å². The summed E-state index contributed by atoms with van der Waals surface area (Å²) < 4.78 is 7.85. The first kappa shape index (κ1) is 26.1. The maximum absolute atomic E-state index is 13.1. The normalized spacial score (nSPS) is 17.5. The fourth-order valence-corrected chi connectivity index (χ4v) is 5.64. The summed E-state index contributed by atoms with van der Waals surface area (Å²) in [7, 11) is 1.70. The van der Waals surface area contributed by atoms with E-state index in [0.29, 0.717) is 40.2 Å². The highest BCUT2D eigenvalue weighted by Gasteiger charge is 2.23. The minimum atomic E-state index is -0.294. The Morgan fingerprint density at radius 3 is 2.42 bits per heavy atom. The lowest BCUT2D eigenvalue weighted by Crippen LogP contribution is -2.38. The molecular formula is C30H32ClN3O4. The number of hydrogen-bond acceptors (Lipinski definition) is 4. The molecule has 1 aliphatic carbocycles. The smallest absolute Gasteiger partial charge is 0.274 e. The number of ether oxygens (including phenoxy) is 1. The van der Waals surface area contributed by atoms with E-state index in [9.17, 15) is 14.7 Å². The fourth-order valence-electron chi connectivity index (χ4n) is 5.31. The van der Waals surface area contributed by atoms with Crippen LogP contribution in [0, 0.1) is 20.8 Å². The lowest BCUT2D eigenvalue weighted by atomic mass is 9.93. The molecular weight excluding hydrogens is 502 g/mol. The van der Waals surface area contributed by atoms with Crippen LogP contribution in [0.3, 0.4) is 0 Å². The van der Waals surface area contributed by atoms with Gasteiger partial charge in [-0.2, -0.15) is 0 Å². The van der Waals surface area contributed by atoms with Crippen molar-refractivity contribution in [3.8, 4) is 22.6 Å². The molecule has 4 aromatic rings. The molecule has 0 radical (unpaired) electrons. The molecule has 38 heavy (non-hydrogen) atoms. The van der Waals surface area contributed by atoms with E-state index >= 15 is 0 Å². The number of carbonyl (C=O) groups is 1. The Balaban J connectivity index is 1.52. The maximum atomic E-state index is 13.1. The fraction of sp³-hybridized carbons (Fsp3) is 0.333. The molecule has 198 valence electrons. The molecule has 0 atom stereocenters. The van der Waals surface area contributed by atoms with Gasteiger partial charge >= 0.3 is 0 Å². The minimum absolute atomic E-state index is 0.0101. The molecule has 0 aliphatic heterocycles. The van der Waals surface area contributed by atoms with E-state index in [2.05, 4.69) is 10.3 Å². The van der Waals surface area contributed by atoms with Crippen LogP contribution in [0.15, 0.2) is 47.4 Å². The number of benzene rings is 2. The lowest BCUT2D eigenvalue weighted by Gasteiger charge is -2.25. The second kappa shape index (κ2) is 10.3. The highest BCUT2D eigenvalue weighted by molar-refractivity contribution is 6.30. The number of H-pyrrole nitrogens is 1. The predicted molar refractivity (Wildman–Crippen MR) is 150 cm³/mol. The van der Waals surface area contributed by atoms with Crippen molar-refractivity contribution in [3.05, 3.63) is 80.4 Å². The zero-order chi connectivity index (χ0) is 27.1. The second-order valence-corrected chi connectivity index (χ2v) is 10.9. The lowest BCUT2D eigenvalue weighted by molar-refractivity contribution is 0.0864. The summed E-state index contributed by atoms with van der Waals surface area (Å²) in [5.74, 6) is 1.17. The summed E-state index contributed by atoms with van der Waals surface area (Å²) in [6.07, 6.45) is 4.32. The molecule has 1 aliphatic rings. The average Bonchev–Trinajstić information content (AvgIpc) is 3.31. The van der Waals surface area contributed by atoms with Gasteiger partial charge in [-0.1, -0.05) is 17.7 Å². The number of fused-ring (bicyclic) bond motifs is 1. The SMILES string of the molecule is Cc1cc(Oc2c(C)cc(Cl)cc2C)cc(-c2cn(C)c(=O)c3[nH]c(C(=O)NC4CCC(O)CC4)cc23)c1. The summed E-state index contributed by atoms with van der Waals surface area (Å²) in [6, 6.07) is 11.4. The molecule has 3 N–H and O–H groups in total. The van der Waals surface area contributed by atoms with Crippen LogP contribution in [0.1, 0.15) is 52.9 Å². The summed E-state index contributed by atoms with van der Waals surface area (Å²) in [5.41, 5.74) is 5.08. The molecule has 0 spiro atoms. The van der Waals surface area contributed by atoms with Crippen LogP contribution in [0.25, 0.3) is 22.0 Å². The Labute approximate surface area is 226 Å². The van der Waals surface area contributed by atoms with E-state index in [4.69, 9.17) is 16.3 Å². The molecule has 0 unspecified atom stereocenters. The van der Waals surface area contributed by atoms with E-state index in [1.807, 2.05) is 51.1 Å². The van der Waals surface area contributed by atoms with Gasteiger partial charge in [0.2, 0.25) is 0 Å². The van der Waals surface area contributed by atoms with Gasteiger partial charge in [0, 0.05) is 35.3 Å². The topological polar surface area (TPSA) is 96.4 Å². The molecule has 8 heteroatoms. The van der Waals surface area contributed by atoms with Gasteiger partial charge in [-0.3, -0.25) is 9.59 Å². The monoisotopic (exact) mass is 533 g/mol. The molecule has 1 amide bonds. The third-order valence-electron chi connectivity index (χ3n) is 7.25. The Kier molecular flexibility index (Phi) is 7.07. The molecule has 5 rings (SSSR count). The second-order valence-electron chi connectivity index (χ2n) is 10.4. The van der Waals surface area contributed by atoms with Gasteiger partial charge in [-0.25, -0.2) is 0 Å². The Bertz CT molecular complexity index is 1570. The first-order valence-electron chi connectivity index (χ1n) is 12.9. The first-order valence-corrected chi connectivity index (χ1v) is 13.2. The van der Waals surface area contributed by atoms with Crippen molar-refractivity contribution in [2.24, 2.45) is 7.05 Å². The van der Waals surface area contributed by atoms with Crippen molar-refractivity contribution >= 4 is 28.4 Å². The minimum Gasteiger partial charge on any atom is -0.457 e. The number of nitrogens with zero attached hydrogens (tertiary/aromatic N) is 1. The summed E-state index contributed by atoms with van der Waals surface area (Å²) in [4.78, 5) is 29.1. The standard InChI is InChI=1S/C30H32ClN3O4/c1-16-9-19(13-23(10-16)38-28-17(2)11-20(31)12-18(28)3)25-15-34(4)30(37)27-24(25)14-26(33-27)29(36)32-21-5-7-22(35)8-6-21/h9-15,21-22,33,35H,5-8H2,1-4H3,(H,32,36). The molecule has 2 aromatic carbocycles. The molecule has 0 saturated heterocycles. The number of aryl methyl sites for hydroxylation is 4. The molecule has 1 saturated carbocycles. The number of rotatable bonds is 5. The number of aromatic amines is 1. The van der Waals surface area contributed by atoms with Gasteiger partial charge in [-0.05, 0) is 99.0 Å². The predicted octanol–water partition coefficient (Wildman–Crippen LogP) is 5.94. The van der Waals surface area contributed by atoms with Crippen LogP contribution >= 0.6 is 11.6 Å². The number of aromatic nitrogens is 2. The van der Waals surface area contributed by atoms with Crippen LogP contribution in [0.5, 0.6) is 11.5 Å². The number of nitrogens with one attached hydrogen (secondary N) is 2. The molecule has 2 aromatic heterocycles. The highest BCUT2D eigenvalue weighted by Crippen LogP contribution is 2.36. The van der Waals surface area contributed by atoms with Gasteiger partial charge in [0.15, 0.2) is 0 Å². The number of aliphatic hydroxyl groups is 1. The van der Waals surface area contributed by atoms with Gasteiger partial charge in [-0.15, -0.1) is 0 Å². The number of amides is 1. The Hall–Kier alpha value is -3.55. The number of carbonyl (C=O) groups excluding carboxylic acids is 1. The van der Waals surface area contributed by atoms with Gasteiger partial charge in [0.1, 0.15) is 22.7 Å². The van der Waals surface area contributed by atoms with Crippen molar-refractivity contribution in [1.82, 2.24) is 14.9 Å². The van der Waals surface area contributed by atoms with E-state index in [-0.39, 0.29) is 23.6 Å². The van der Waals surface area contributed by atoms with Crippen molar-refractivity contribution in [2.75, 3.05) is 0 Å². The number of pyridine rings is 1. The zero-order valence-electron chi connectivity index (χ0n) is 22.0. The molecule has 0 bridgehead atoms. The van der Waals surface area contributed by atoms with Gasteiger partial charge in [0.05, 0.1) is 6.10 Å². The Morgan fingerprint density at radius 1 is 1.05 bits per heavy atom. The quantitative estimate of drug-likeness (QED) is 0.296. The van der Waals surface area contributed by atoms with E-state index < -0.39 is 0 Å². The van der Waals surface area contributed by atoms with Gasteiger partial charge in [0.25, 0.3) is 11.5 Å². The van der Waals surface area contributed by atoms with Crippen molar-refractivity contribution in [2.45, 2.75) is 58.6 Å². The third-order valence-corrected chi connectivity index (χ3v) is 7.47. The number of aliphatic hydroxyl groups excluding tert-OH is 1. The number of hydrogen-bond donors (Lipinski definition) is 3. The van der Waals surface area contributed by atoms with Crippen molar-refractivity contribution < 1.29 is 14.6 Å². The van der Waals surface area contributed by atoms with Crippen LogP contribution in [0.4, 0.5) is 0 Å². The highest BCUT2D eigenvalue weighted by atomic mass is 35.5. The first-order chi connectivity index (χ1) is 18.1. The van der Waals surface area contributed by atoms with Crippen LogP contribution in [-0.4, -0.2) is 32.7 Å². The van der Waals surface area contributed by atoms with E-state index in [1.165, 1.54) is 4.57 Å². The van der Waals surface area contributed by atoms with Crippen molar-refractivity contribution in [1.29, 1.82) is 0 Å². The average molecular weight is 534 g/mol. The third kappa shape index (κ3) is 5.22. The van der Waals surface area contributed by atoms with Crippen LogP contribution in [0.2, 0.25) is 5.02 Å². The maximum Gasteiger partial charge on any atom is 0.274 e. The largest absolute Gasteiger partial charge is 0.457 e. The Morgan fingerprint density at radius 2 is 1.74 bits per heavy atom. The summed E-state index contributed by atoms with van der Waals surface area (Å²) in [6.45, 7) is 5.92. The zero-order valence-corrected chi connectivity index (χ0v) is 22.8. The summed E-state index contributed by atoms with van der Waals surface area (Å²) in [5, 5.41) is 14.1. The molecule has 1 fully saturated rings. The van der Waals surface area contributed by atoms with Gasteiger partial charge < -0.3 is 24.7 Å². The summed E-state index contributed by atoms with van der Waals surface area (Å²) >= 11 is 6.20. The van der Waals surface area contributed by atoms with E-state index in [1.54, 1.807) is 19.3 Å². The van der Waals surface area contributed by atoms with Crippen LogP contribution in [-0.2, 0) is 7.05 Å². The van der Waals surface area contributed by atoms with Crippen LogP contribution < -0.4 is 15.6 Å². The molecule has 7 nitrogen and oxygen atoms in total. The van der Waals surface area contributed by atoms with Crippen molar-refractivity contribution in [3.63, 3.8) is 0 Å². The molecule has 2 heterocycles.